The highest BCUT2D eigenvalue weighted by molar-refractivity contribution is 6.32. The van der Waals surface area contributed by atoms with Gasteiger partial charge in [-0.25, -0.2) is 4.79 Å². The molecule has 136 valence electrons. The lowest BCUT2D eigenvalue weighted by Crippen LogP contribution is -2.19. The van der Waals surface area contributed by atoms with Gasteiger partial charge in [0.05, 0.1) is 16.3 Å². The Hall–Kier alpha value is -2.54. The van der Waals surface area contributed by atoms with Crippen molar-refractivity contribution in [3.05, 3.63) is 63.4 Å². The van der Waals surface area contributed by atoms with E-state index >= 15 is 0 Å². The largest absolute Gasteiger partial charge is 0.483 e. The third-order valence-corrected chi connectivity index (χ3v) is 4.19. The Balaban J connectivity index is 1.76. The third-order valence-electron chi connectivity index (χ3n) is 3.88. The summed E-state index contributed by atoms with van der Waals surface area (Å²) >= 11 is 5.89. The molecule has 0 aliphatic heterocycles. The fourth-order valence-corrected chi connectivity index (χ4v) is 2.97. The number of rotatable bonds is 5. The van der Waals surface area contributed by atoms with Crippen LogP contribution in [0.2, 0.25) is 5.02 Å². The molecule has 0 atom stereocenters. The van der Waals surface area contributed by atoms with Crippen LogP contribution in [0.25, 0.3) is 6.08 Å². The number of aromatic carboxylic acids is 1. The zero-order valence-electron chi connectivity index (χ0n) is 13.3. The van der Waals surface area contributed by atoms with Gasteiger partial charge in [-0.3, -0.25) is 4.98 Å². The molecule has 1 N–H and O–H groups in total. The first-order valence-corrected chi connectivity index (χ1v) is 7.99. The van der Waals surface area contributed by atoms with Crippen molar-refractivity contribution >= 4 is 23.6 Å². The molecule has 1 aliphatic carbocycles. The number of carboxylic acids is 1. The topological polar surface area (TPSA) is 59.4 Å². The van der Waals surface area contributed by atoms with Gasteiger partial charge in [-0.1, -0.05) is 23.2 Å². The zero-order chi connectivity index (χ0) is 18.9. The van der Waals surface area contributed by atoms with Crippen LogP contribution in [0.15, 0.2) is 36.0 Å². The van der Waals surface area contributed by atoms with E-state index in [-0.39, 0.29) is 16.3 Å². The predicted molar refractivity (Wildman–Crippen MR) is 89.6 cm³/mol. The van der Waals surface area contributed by atoms with Crippen LogP contribution in [-0.2, 0) is 12.8 Å². The highest BCUT2D eigenvalue weighted by Gasteiger charge is 2.29. The minimum atomic E-state index is -4.45. The Morgan fingerprint density at radius 2 is 2.08 bits per heavy atom. The molecule has 26 heavy (non-hydrogen) atoms. The number of carboxylic acid groups (broad SMARTS) is 1. The summed E-state index contributed by atoms with van der Waals surface area (Å²) in [5, 5.41) is 9.34. The number of halogens is 4. The van der Waals surface area contributed by atoms with Crippen LogP contribution in [0, 0.1) is 0 Å². The number of benzene rings is 1. The van der Waals surface area contributed by atoms with Crippen molar-refractivity contribution in [1.82, 2.24) is 4.98 Å². The molecule has 0 spiro atoms. The smallest absolute Gasteiger partial charge is 0.422 e. The van der Waals surface area contributed by atoms with E-state index in [0.29, 0.717) is 29.7 Å². The molecule has 0 fully saturated rings. The Morgan fingerprint density at radius 1 is 1.31 bits per heavy atom. The van der Waals surface area contributed by atoms with Gasteiger partial charge in [-0.15, -0.1) is 0 Å². The number of nitrogens with zero attached hydrogens (tertiary/aromatic N) is 1. The molecule has 0 radical (unpaired) electrons. The Kier molecular flexibility index (Phi) is 4.91. The van der Waals surface area contributed by atoms with E-state index < -0.39 is 18.8 Å². The van der Waals surface area contributed by atoms with Crippen molar-refractivity contribution in [2.45, 2.75) is 19.0 Å². The summed E-state index contributed by atoms with van der Waals surface area (Å²) in [4.78, 5) is 15.5. The summed E-state index contributed by atoms with van der Waals surface area (Å²) in [5.74, 6) is -1.06. The summed E-state index contributed by atoms with van der Waals surface area (Å²) in [7, 11) is 0. The molecule has 0 saturated heterocycles. The van der Waals surface area contributed by atoms with E-state index in [1.165, 1.54) is 24.4 Å². The van der Waals surface area contributed by atoms with Crippen molar-refractivity contribution < 1.29 is 27.8 Å². The second-order valence-corrected chi connectivity index (χ2v) is 6.26. The molecule has 1 aliphatic rings. The first-order chi connectivity index (χ1) is 12.2. The number of carbonyl (C=O) groups is 1. The lowest BCUT2D eigenvalue weighted by Gasteiger charge is -2.12. The highest BCUT2D eigenvalue weighted by atomic mass is 35.5. The van der Waals surface area contributed by atoms with Crippen LogP contribution in [0.4, 0.5) is 13.2 Å². The van der Waals surface area contributed by atoms with E-state index in [2.05, 4.69) is 4.98 Å². The van der Waals surface area contributed by atoms with E-state index in [1.54, 1.807) is 12.1 Å². The van der Waals surface area contributed by atoms with Crippen LogP contribution in [0.3, 0.4) is 0 Å². The minimum Gasteiger partial charge on any atom is -0.483 e. The average molecular weight is 384 g/mol. The van der Waals surface area contributed by atoms with E-state index in [9.17, 15) is 23.1 Å². The van der Waals surface area contributed by atoms with Crippen molar-refractivity contribution in [1.29, 1.82) is 0 Å². The van der Waals surface area contributed by atoms with E-state index in [4.69, 9.17) is 16.3 Å². The van der Waals surface area contributed by atoms with Crippen molar-refractivity contribution in [3.63, 3.8) is 0 Å². The number of hydrogen-bond acceptors (Lipinski definition) is 3. The number of fused-ring (bicyclic) bond motifs is 1. The van der Waals surface area contributed by atoms with Gasteiger partial charge in [-0.2, -0.15) is 13.2 Å². The first-order valence-electron chi connectivity index (χ1n) is 7.61. The number of alkyl halides is 3. The predicted octanol–water partition coefficient (Wildman–Crippen LogP) is 4.56. The number of ether oxygens (including phenoxy) is 1. The summed E-state index contributed by atoms with van der Waals surface area (Å²) in [5.41, 5.74) is 3.05. The summed E-state index contributed by atoms with van der Waals surface area (Å²) in [6, 6.07) is 6.08. The van der Waals surface area contributed by atoms with Gasteiger partial charge in [-0.05, 0) is 48.2 Å². The third kappa shape index (κ3) is 4.16. The van der Waals surface area contributed by atoms with Gasteiger partial charge in [0.25, 0.3) is 0 Å². The normalized spacial score (nSPS) is 13.3. The maximum atomic E-state index is 12.3. The molecule has 0 amide bonds. The standard InChI is InChI=1S/C18H13ClF3NO3/c19-14-2-1-10(8-16(14)26-9-18(20,21)22)5-11-6-13-12(17(24)25)3-4-23-15(13)7-11/h1-4,7-8H,5-6,9H2,(H,24,25). The Labute approximate surface area is 151 Å². The van der Waals surface area contributed by atoms with Crippen molar-refractivity contribution in [3.8, 4) is 5.75 Å². The fraction of sp³-hybridized carbons (Fsp3) is 0.222. The molecular weight excluding hydrogens is 371 g/mol. The summed E-state index contributed by atoms with van der Waals surface area (Å²) in [6.07, 6.45) is -0.366. The highest BCUT2D eigenvalue weighted by Crippen LogP contribution is 2.32. The zero-order valence-corrected chi connectivity index (χ0v) is 14.1. The molecule has 4 nitrogen and oxygen atoms in total. The number of aromatic nitrogens is 1. The van der Waals surface area contributed by atoms with Gasteiger partial charge < -0.3 is 9.84 Å². The minimum absolute atomic E-state index is 0.0399. The molecule has 2 aromatic rings. The quantitative estimate of drug-likeness (QED) is 0.822. The van der Waals surface area contributed by atoms with Gasteiger partial charge >= 0.3 is 12.1 Å². The van der Waals surface area contributed by atoms with Crippen LogP contribution in [-0.4, -0.2) is 28.8 Å². The monoisotopic (exact) mass is 383 g/mol. The summed E-state index contributed by atoms with van der Waals surface area (Å²) in [6.45, 7) is -1.42. The van der Waals surface area contributed by atoms with E-state index in [0.717, 1.165) is 5.57 Å². The second-order valence-electron chi connectivity index (χ2n) is 5.85. The van der Waals surface area contributed by atoms with Gasteiger partial charge in [0.2, 0.25) is 0 Å². The van der Waals surface area contributed by atoms with E-state index in [1.807, 2.05) is 0 Å². The molecule has 1 aromatic heterocycles. The second kappa shape index (κ2) is 6.99. The fourth-order valence-electron chi connectivity index (χ4n) is 2.79. The Morgan fingerprint density at radius 3 is 2.77 bits per heavy atom. The molecule has 8 heteroatoms. The van der Waals surface area contributed by atoms with Crippen LogP contribution in [0.5, 0.6) is 5.75 Å². The number of allylic oxidation sites excluding steroid dienone is 1. The van der Waals surface area contributed by atoms with Crippen LogP contribution in [0.1, 0.15) is 27.2 Å². The van der Waals surface area contributed by atoms with Crippen LogP contribution < -0.4 is 4.74 Å². The van der Waals surface area contributed by atoms with Crippen molar-refractivity contribution in [2.24, 2.45) is 0 Å². The van der Waals surface area contributed by atoms with Gasteiger partial charge in [0.1, 0.15) is 5.75 Å². The number of pyridine rings is 1. The Bertz CT molecular complexity index is 894. The maximum absolute atomic E-state index is 12.3. The lowest BCUT2D eigenvalue weighted by atomic mass is 10.0. The number of hydrogen-bond donors (Lipinski definition) is 1. The van der Waals surface area contributed by atoms with Crippen molar-refractivity contribution in [2.75, 3.05) is 6.61 Å². The molecule has 0 bridgehead atoms. The van der Waals surface area contributed by atoms with Crippen LogP contribution >= 0.6 is 11.6 Å². The molecule has 0 unspecified atom stereocenters. The molecular formula is C18H13ClF3NO3. The molecule has 1 heterocycles. The average Bonchev–Trinajstić information content (AvgIpc) is 2.96. The summed E-state index contributed by atoms with van der Waals surface area (Å²) < 4.78 is 41.7. The lowest BCUT2D eigenvalue weighted by molar-refractivity contribution is -0.153. The molecule has 3 rings (SSSR count). The first kappa shape index (κ1) is 18.3. The maximum Gasteiger partial charge on any atom is 0.422 e. The molecule has 0 saturated carbocycles. The van der Waals surface area contributed by atoms with Gasteiger partial charge in [0.15, 0.2) is 6.61 Å². The SMILES string of the molecule is O=C(O)c1ccnc2c1CC(Cc1ccc(Cl)c(OCC(F)(F)F)c1)=C2. The van der Waals surface area contributed by atoms with Gasteiger partial charge in [0, 0.05) is 6.20 Å². The molecule has 1 aromatic carbocycles.